The molecule has 1 aromatic rings. The zero-order chi connectivity index (χ0) is 11.9. The third-order valence-corrected chi connectivity index (χ3v) is 3.75. The standard InChI is InChI=1S/C12H15NO4/c14-11(15)12(2-6-16-7-3-12)9-1-4-13-5-8-17-10(9)13/h1,4H,2-3,5-8H2,(H,14,15). The molecule has 1 saturated heterocycles. The number of carboxylic acids is 1. The summed E-state index contributed by atoms with van der Waals surface area (Å²) in [4.78, 5) is 11.7. The molecule has 1 fully saturated rings. The van der Waals surface area contributed by atoms with E-state index in [9.17, 15) is 9.90 Å². The first-order valence-electron chi connectivity index (χ1n) is 5.88. The first kappa shape index (κ1) is 10.7. The van der Waals surface area contributed by atoms with Gasteiger partial charge in [0.15, 0.2) is 5.88 Å². The van der Waals surface area contributed by atoms with Crippen molar-refractivity contribution in [1.29, 1.82) is 0 Å². The second-order valence-electron chi connectivity index (χ2n) is 4.58. The van der Waals surface area contributed by atoms with Crippen molar-refractivity contribution in [2.24, 2.45) is 0 Å². The third-order valence-electron chi connectivity index (χ3n) is 3.75. The zero-order valence-electron chi connectivity index (χ0n) is 9.52. The SMILES string of the molecule is O=C(O)C1(c2ccn3c2OCC3)CCOCC1. The van der Waals surface area contributed by atoms with E-state index in [0.717, 1.165) is 18.0 Å². The molecule has 0 bridgehead atoms. The van der Waals surface area contributed by atoms with Crippen molar-refractivity contribution in [1.82, 2.24) is 4.57 Å². The van der Waals surface area contributed by atoms with E-state index in [0.29, 0.717) is 32.7 Å². The fraction of sp³-hybridized carbons (Fsp3) is 0.583. The topological polar surface area (TPSA) is 60.7 Å². The smallest absolute Gasteiger partial charge is 0.314 e. The number of aliphatic carboxylic acids is 1. The van der Waals surface area contributed by atoms with E-state index in [1.807, 2.05) is 16.8 Å². The Bertz CT molecular complexity index is 445. The minimum Gasteiger partial charge on any atom is -0.481 e. The van der Waals surface area contributed by atoms with E-state index in [-0.39, 0.29) is 0 Å². The number of carboxylic acid groups (broad SMARTS) is 1. The maximum atomic E-state index is 11.7. The fourth-order valence-electron chi connectivity index (χ4n) is 2.72. The van der Waals surface area contributed by atoms with Crippen LogP contribution in [0.5, 0.6) is 5.88 Å². The monoisotopic (exact) mass is 237 g/mol. The molecule has 3 rings (SSSR count). The summed E-state index contributed by atoms with van der Waals surface area (Å²) in [6, 6.07) is 1.88. The number of aromatic nitrogens is 1. The molecule has 0 amide bonds. The van der Waals surface area contributed by atoms with Gasteiger partial charge in [0.05, 0.1) is 6.54 Å². The number of carbonyl (C=O) groups is 1. The molecule has 1 aromatic heterocycles. The van der Waals surface area contributed by atoms with Crippen LogP contribution in [0.4, 0.5) is 0 Å². The Balaban J connectivity index is 2.06. The zero-order valence-corrected chi connectivity index (χ0v) is 9.52. The summed E-state index contributed by atoms with van der Waals surface area (Å²) in [6.45, 7) is 2.44. The lowest BCUT2D eigenvalue weighted by Gasteiger charge is -2.32. The molecular formula is C12H15NO4. The highest BCUT2D eigenvalue weighted by atomic mass is 16.5. The van der Waals surface area contributed by atoms with E-state index < -0.39 is 11.4 Å². The molecule has 2 aliphatic heterocycles. The number of hydrogen-bond donors (Lipinski definition) is 1. The van der Waals surface area contributed by atoms with Crippen LogP contribution in [0.2, 0.25) is 0 Å². The normalized spacial score (nSPS) is 21.9. The maximum Gasteiger partial charge on any atom is 0.314 e. The largest absolute Gasteiger partial charge is 0.481 e. The first-order valence-corrected chi connectivity index (χ1v) is 5.88. The molecule has 0 spiro atoms. The van der Waals surface area contributed by atoms with Crippen molar-refractivity contribution in [3.8, 4) is 5.88 Å². The van der Waals surface area contributed by atoms with Crippen molar-refractivity contribution in [2.75, 3.05) is 19.8 Å². The summed E-state index contributed by atoms with van der Waals surface area (Å²) in [5, 5.41) is 9.57. The molecule has 5 heteroatoms. The van der Waals surface area contributed by atoms with Crippen LogP contribution in [0.15, 0.2) is 12.3 Å². The highest BCUT2D eigenvalue weighted by Crippen LogP contribution is 2.42. The summed E-state index contributed by atoms with van der Waals surface area (Å²) < 4.78 is 12.8. The molecular weight excluding hydrogens is 222 g/mol. The number of fused-ring (bicyclic) bond motifs is 1. The molecule has 0 unspecified atom stereocenters. The Morgan fingerprint density at radius 2 is 2.12 bits per heavy atom. The van der Waals surface area contributed by atoms with Crippen LogP contribution < -0.4 is 4.74 Å². The van der Waals surface area contributed by atoms with Crippen molar-refractivity contribution in [2.45, 2.75) is 24.8 Å². The molecule has 0 aliphatic carbocycles. The number of hydrogen-bond acceptors (Lipinski definition) is 3. The number of nitrogens with zero attached hydrogens (tertiary/aromatic N) is 1. The minimum absolute atomic E-state index is 0.497. The summed E-state index contributed by atoms with van der Waals surface area (Å²) >= 11 is 0. The third kappa shape index (κ3) is 1.45. The van der Waals surface area contributed by atoms with E-state index in [1.165, 1.54) is 0 Å². The molecule has 0 aromatic carbocycles. The number of rotatable bonds is 2. The van der Waals surface area contributed by atoms with Gasteiger partial charge in [-0.1, -0.05) is 0 Å². The van der Waals surface area contributed by atoms with Crippen LogP contribution in [-0.4, -0.2) is 35.5 Å². The lowest BCUT2D eigenvalue weighted by atomic mass is 9.75. The van der Waals surface area contributed by atoms with Gasteiger partial charge in [0, 0.05) is 25.0 Å². The van der Waals surface area contributed by atoms with Crippen LogP contribution in [0.25, 0.3) is 0 Å². The molecule has 0 radical (unpaired) electrons. The van der Waals surface area contributed by atoms with E-state index in [1.54, 1.807) is 0 Å². The Kier molecular flexibility index (Phi) is 2.36. The Labute approximate surface area is 98.9 Å². The van der Waals surface area contributed by atoms with Gasteiger partial charge in [0.25, 0.3) is 0 Å². The van der Waals surface area contributed by atoms with E-state index in [2.05, 4.69) is 0 Å². The van der Waals surface area contributed by atoms with Crippen LogP contribution in [-0.2, 0) is 21.5 Å². The van der Waals surface area contributed by atoms with Crippen molar-refractivity contribution >= 4 is 5.97 Å². The lowest BCUT2D eigenvalue weighted by Crippen LogP contribution is -2.41. The molecule has 0 atom stereocenters. The minimum atomic E-state index is -0.830. The van der Waals surface area contributed by atoms with Gasteiger partial charge in [-0.15, -0.1) is 0 Å². The Morgan fingerprint density at radius 3 is 2.82 bits per heavy atom. The van der Waals surface area contributed by atoms with Gasteiger partial charge >= 0.3 is 5.97 Å². The average Bonchev–Trinajstić information content (AvgIpc) is 2.91. The van der Waals surface area contributed by atoms with Crippen molar-refractivity contribution < 1.29 is 19.4 Å². The molecule has 1 N–H and O–H groups in total. The van der Waals surface area contributed by atoms with Gasteiger partial charge in [0.2, 0.25) is 0 Å². The van der Waals surface area contributed by atoms with E-state index >= 15 is 0 Å². The van der Waals surface area contributed by atoms with E-state index in [4.69, 9.17) is 9.47 Å². The second kappa shape index (κ2) is 3.77. The van der Waals surface area contributed by atoms with Gasteiger partial charge in [0.1, 0.15) is 12.0 Å². The van der Waals surface area contributed by atoms with Crippen molar-refractivity contribution in [3.05, 3.63) is 17.8 Å². The Hall–Kier alpha value is -1.49. The quantitative estimate of drug-likeness (QED) is 0.834. The van der Waals surface area contributed by atoms with Gasteiger partial charge in [-0.2, -0.15) is 0 Å². The van der Waals surface area contributed by atoms with Crippen LogP contribution in [0.3, 0.4) is 0 Å². The molecule has 0 saturated carbocycles. The Morgan fingerprint density at radius 1 is 1.35 bits per heavy atom. The van der Waals surface area contributed by atoms with Gasteiger partial charge in [-0.3, -0.25) is 4.79 Å². The molecule has 92 valence electrons. The predicted molar refractivity (Wildman–Crippen MR) is 59.3 cm³/mol. The molecule has 3 heterocycles. The van der Waals surface area contributed by atoms with Crippen molar-refractivity contribution in [3.63, 3.8) is 0 Å². The average molecular weight is 237 g/mol. The van der Waals surface area contributed by atoms with Gasteiger partial charge in [-0.05, 0) is 18.9 Å². The lowest BCUT2D eigenvalue weighted by molar-refractivity contribution is -0.147. The summed E-state index contributed by atoms with van der Waals surface area (Å²) in [5.41, 5.74) is -0.0193. The summed E-state index contributed by atoms with van der Waals surface area (Å²) in [6.07, 6.45) is 2.95. The van der Waals surface area contributed by atoms with Gasteiger partial charge in [-0.25, -0.2) is 0 Å². The predicted octanol–water partition coefficient (Wildman–Crippen LogP) is 1.01. The maximum absolute atomic E-state index is 11.7. The highest BCUT2D eigenvalue weighted by Gasteiger charge is 2.45. The van der Waals surface area contributed by atoms with Crippen LogP contribution in [0.1, 0.15) is 18.4 Å². The van der Waals surface area contributed by atoms with Crippen LogP contribution in [0, 0.1) is 0 Å². The molecule has 2 aliphatic rings. The molecule has 5 nitrogen and oxygen atoms in total. The highest BCUT2D eigenvalue weighted by molar-refractivity contribution is 5.82. The van der Waals surface area contributed by atoms with Gasteiger partial charge < -0.3 is 19.1 Å². The van der Waals surface area contributed by atoms with Crippen LogP contribution >= 0.6 is 0 Å². The summed E-state index contributed by atoms with van der Waals surface area (Å²) in [5.74, 6) is -0.0420. The fourth-order valence-corrected chi connectivity index (χ4v) is 2.72. The summed E-state index contributed by atoms with van der Waals surface area (Å²) in [7, 11) is 0. The molecule has 17 heavy (non-hydrogen) atoms. The first-order chi connectivity index (χ1) is 8.24. The second-order valence-corrected chi connectivity index (χ2v) is 4.58. The number of ether oxygens (including phenoxy) is 2.